The zero-order valence-corrected chi connectivity index (χ0v) is 21.1. The Morgan fingerprint density at radius 3 is 1.77 bits per heavy atom. The fraction of sp³-hybridized carbons (Fsp3) is 0.417. The maximum Gasteiger partial charge on any atom is 0.408 e. The Morgan fingerprint density at radius 1 is 0.968 bits per heavy atom. The second kappa shape index (κ2) is 9.93. The van der Waals surface area contributed by atoms with Gasteiger partial charge in [-0.05, 0) is 36.2 Å². The average molecular weight is 459 g/mol. The van der Waals surface area contributed by atoms with E-state index in [4.69, 9.17) is 27.1 Å². The number of nitrogens with two attached hydrogens (primary N) is 1. The Labute approximate surface area is 192 Å². The summed E-state index contributed by atoms with van der Waals surface area (Å²) >= 11 is 5.23. The molecule has 1 amide bonds. The third-order valence-electron chi connectivity index (χ3n) is 4.92. The quantitative estimate of drug-likeness (QED) is 0.488. The second-order valence-electron chi connectivity index (χ2n) is 9.58. The lowest BCUT2D eigenvalue weighted by atomic mass is 10.2. The molecule has 0 spiro atoms. The maximum absolute atomic E-state index is 12.3. The zero-order valence-electron chi connectivity index (χ0n) is 19.3. The minimum Gasteiger partial charge on any atom is -0.444 e. The zero-order chi connectivity index (χ0) is 23.3. The van der Waals surface area contributed by atoms with Crippen LogP contribution in [0.3, 0.4) is 0 Å². The third kappa shape index (κ3) is 6.38. The first kappa shape index (κ1) is 25.0. The van der Waals surface area contributed by atoms with Crippen molar-refractivity contribution in [3.63, 3.8) is 0 Å². The van der Waals surface area contributed by atoms with Crippen molar-refractivity contribution < 1.29 is 14.0 Å². The van der Waals surface area contributed by atoms with Gasteiger partial charge in [0.1, 0.15) is 11.6 Å². The first-order valence-electron chi connectivity index (χ1n) is 10.4. The summed E-state index contributed by atoms with van der Waals surface area (Å²) in [4.78, 5) is 12.5. The van der Waals surface area contributed by atoms with Crippen molar-refractivity contribution in [3.8, 4) is 0 Å². The number of amides is 1. The molecule has 0 radical (unpaired) electrons. The molecule has 0 aliphatic carbocycles. The second-order valence-corrected chi connectivity index (χ2v) is 14.4. The van der Waals surface area contributed by atoms with Crippen molar-refractivity contribution in [1.29, 1.82) is 0 Å². The Balaban J connectivity index is 2.43. The summed E-state index contributed by atoms with van der Waals surface area (Å²) in [7, 11) is -2.76. The summed E-state index contributed by atoms with van der Waals surface area (Å²) in [6.45, 7) is 12.1. The summed E-state index contributed by atoms with van der Waals surface area (Å²) < 4.78 is 12.2. The number of carbonyl (C=O) groups excluding carboxylic acids is 1. The number of thiocarbonyl (C=S) groups is 1. The van der Waals surface area contributed by atoms with Gasteiger partial charge in [-0.2, -0.15) is 0 Å². The van der Waals surface area contributed by atoms with Gasteiger partial charge in [-0.15, -0.1) is 0 Å². The molecule has 7 heteroatoms. The first-order valence-corrected chi connectivity index (χ1v) is 12.7. The third-order valence-corrected chi connectivity index (χ3v) is 10.2. The van der Waals surface area contributed by atoms with Crippen LogP contribution in [0.25, 0.3) is 0 Å². The van der Waals surface area contributed by atoms with Gasteiger partial charge in [-0.3, -0.25) is 0 Å². The molecule has 2 rings (SSSR count). The molecule has 0 aromatic heterocycles. The summed E-state index contributed by atoms with van der Waals surface area (Å²) in [5.41, 5.74) is 5.34. The average Bonchev–Trinajstić information content (AvgIpc) is 2.66. The van der Waals surface area contributed by atoms with Crippen molar-refractivity contribution in [2.75, 3.05) is 6.61 Å². The van der Waals surface area contributed by atoms with Gasteiger partial charge in [-0.25, -0.2) is 4.79 Å². The van der Waals surface area contributed by atoms with Crippen molar-refractivity contribution in [2.45, 2.75) is 58.2 Å². The molecule has 2 aromatic rings. The number of rotatable bonds is 7. The van der Waals surface area contributed by atoms with E-state index in [1.165, 1.54) is 0 Å². The van der Waals surface area contributed by atoms with Crippen LogP contribution in [0, 0.1) is 0 Å². The predicted molar refractivity (Wildman–Crippen MR) is 134 cm³/mol. The lowest BCUT2D eigenvalue weighted by molar-refractivity contribution is 0.0506. The molecule has 3 N–H and O–H groups in total. The monoisotopic (exact) mass is 458 g/mol. The van der Waals surface area contributed by atoms with Gasteiger partial charge in [0, 0.05) is 0 Å². The van der Waals surface area contributed by atoms with E-state index in [2.05, 4.69) is 50.4 Å². The molecule has 5 nitrogen and oxygen atoms in total. The van der Waals surface area contributed by atoms with Crippen LogP contribution in [0.15, 0.2) is 60.7 Å². The number of ether oxygens (including phenoxy) is 1. The Kier molecular flexibility index (Phi) is 8.02. The fourth-order valence-corrected chi connectivity index (χ4v) is 8.31. The number of nitrogens with one attached hydrogen (secondary N) is 1. The molecule has 0 heterocycles. The van der Waals surface area contributed by atoms with E-state index in [0.29, 0.717) is 0 Å². The molecule has 0 saturated carbocycles. The molecule has 0 fully saturated rings. The van der Waals surface area contributed by atoms with Gasteiger partial charge >= 0.3 is 6.09 Å². The van der Waals surface area contributed by atoms with Gasteiger partial charge in [-0.1, -0.05) is 93.7 Å². The number of carbonyl (C=O) groups is 1. The summed E-state index contributed by atoms with van der Waals surface area (Å²) in [5.74, 6) is 0. The molecule has 0 bridgehead atoms. The number of hydrogen-bond acceptors (Lipinski definition) is 4. The number of benzene rings is 2. The summed E-state index contributed by atoms with van der Waals surface area (Å²) in [6, 6.07) is 19.9. The van der Waals surface area contributed by atoms with E-state index in [1.54, 1.807) is 20.8 Å². The predicted octanol–water partition coefficient (Wildman–Crippen LogP) is 3.74. The fourth-order valence-electron chi connectivity index (χ4n) is 3.61. The maximum atomic E-state index is 12.3. The molecule has 1 atom stereocenters. The molecule has 0 aliphatic rings. The van der Waals surface area contributed by atoms with Crippen LogP contribution in [-0.4, -0.2) is 37.6 Å². The highest BCUT2D eigenvalue weighted by Gasteiger charge is 2.50. The van der Waals surface area contributed by atoms with Gasteiger partial charge in [0.2, 0.25) is 0 Å². The van der Waals surface area contributed by atoms with Crippen LogP contribution in [0.4, 0.5) is 4.79 Å². The van der Waals surface area contributed by atoms with Crippen LogP contribution in [0.2, 0.25) is 5.04 Å². The van der Waals surface area contributed by atoms with Crippen molar-refractivity contribution in [1.82, 2.24) is 5.32 Å². The van der Waals surface area contributed by atoms with Gasteiger partial charge in [0.15, 0.2) is 0 Å². The SMILES string of the molecule is CC(C)(C)OC(=O)N[C@@H](CO[Si](c1ccccc1)(c1ccccc1)C(C)(C)C)C(N)=S. The molecule has 0 unspecified atom stereocenters. The molecule has 168 valence electrons. The Hall–Kier alpha value is -2.22. The molecule has 0 saturated heterocycles. The standard InChI is InChI=1S/C24H34N2O3SSi/c1-23(2,3)29-22(27)26-20(21(25)30)17-28-31(24(4,5)6,18-13-9-7-10-14-18)19-15-11-8-12-16-19/h7-16,20H,17H2,1-6H3,(H2,25,30)(H,26,27)/t20-/m0/s1. The van der Waals surface area contributed by atoms with E-state index in [1.807, 2.05) is 36.4 Å². The highest BCUT2D eigenvalue weighted by molar-refractivity contribution is 7.80. The highest BCUT2D eigenvalue weighted by atomic mass is 32.1. The van der Waals surface area contributed by atoms with Gasteiger partial charge < -0.3 is 20.2 Å². The minimum atomic E-state index is -2.76. The van der Waals surface area contributed by atoms with Crippen LogP contribution >= 0.6 is 12.2 Å². The lowest BCUT2D eigenvalue weighted by Gasteiger charge is -2.43. The number of hydrogen-bond donors (Lipinski definition) is 2. The molecule has 0 aliphatic heterocycles. The minimum absolute atomic E-state index is 0.155. The largest absolute Gasteiger partial charge is 0.444 e. The van der Waals surface area contributed by atoms with Crippen molar-refractivity contribution >= 4 is 42.0 Å². The summed E-state index contributed by atoms with van der Waals surface area (Å²) in [6.07, 6.45) is -0.573. The van der Waals surface area contributed by atoms with E-state index in [-0.39, 0.29) is 16.6 Å². The lowest BCUT2D eigenvalue weighted by Crippen LogP contribution is -2.67. The molecule has 31 heavy (non-hydrogen) atoms. The van der Waals surface area contributed by atoms with Crippen LogP contribution in [-0.2, 0) is 9.16 Å². The van der Waals surface area contributed by atoms with Gasteiger partial charge in [0.05, 0.1) is 11.6 Å². The van der Waals surface area contributed by atoms with E-state index in [9.17, 15) is 4.79 Å². The van der Waals surface area contributed by atoms with E-state index >= 15 is 0 Å². The smallest absolute Gasteiger partial charge is 0.408 e. The Bertz CT molecular complexity index is 838. The number of alkyl carbamates (subject to hydrolysis) is 1. The first-order chi connectivity index (χ1) is 14.4. The van der Waals surface area contributed by atoms with Gasteiger partial charge in [0.25, 0.3) is 8.32 Å². The van der Waals surface area contributed by atoms with Crippen molar-refractivity contribution in [2.24, 2.45) is 5.73 Å². The Morgan fingerprint density at radius 2 is 1.42 bits per heavy atom. The summed E-state index contributed by atoms with van der Waals surface area (Å²) in [5, 5.41) is 4.87. The van der Waals surface area contributed by atoms with E-state index < -0.39 is 26.1 Å². The van der Waals surface area contributed by atoms with Crippen LogP contribution in [0.5, 0.6) is 0 Å². The van der Waals surface area contributed by atoms with E-state index in [0.717, 1.165) is 10.4 Å². The molecular formula is C24H34N2O3SSi. The van der Waals surface area contributed by atoms with Crippen molar-refractivity contribution in [3.05, 3.63) is 60.7 Å². The van der Waals surface area contributed by atoms with Crippen LogP contribution < -0.4 is 21.4 Å². The topological polar surface area (TPSA) is 73.6 Å². The normalized spacial score (nSPS) is 13.4. The van der Waals surface area contributed by atoms with Crippen LogP contribution in [0.1, 0.15) is 41.5 Å². The highest BCUT2D eigenvalue weighted by Crippen LogP contribution is 2.36. The molecular weight excluding hydrogens is 424 g/mol. The molecule has 2 aromatic carbocycles.